The van der Waals surface area contributed by atoms with Gasteiger partial charge in [0, 0.05) is 43.5 Å². The summed E-state index contributed by atoms with van der Waals surface area (Å²) in [6.45, 7) is 6.74. The van der Waals surface area contributed by atoms with Crippen LogP contribution < -0.4 is 4.90 Å². The number of unbranched alkanes of at least 4 members (excludes halogenated alkanes) is 1. The second kappa shape index (κ2) is 10.6. The normalized spacial score (nSPS) is 14.8. The first-order chi connectivity index (χ1) is 15.6. The molecule has 0 radical (unpaired) electrons. The highest BCUT2D eigenvalue weighted by Crippen LogP contribution is 2.22. The molecule has 1 saturated heterocycles. The molecule has 0 unspecified atom stereocenters. The van der Waals surface area contributed by atoms with Crippen LogP contribution in [0, 0.1) is 5.82 Å². The number of benzene rings is 2. The van der Waals surface area contributed by atoms with E-state index in [2.05, 4.69) is 34.9 Å². The number of rotatable bonds is 9. The molecule has 1 aliphatic heterocycles. The predicted octanol–water partition coefficient (Wildman–Crippen LogP) is 4.90. The SMILES string of the molecule is CCCCc1nc(N2CCN(CCCC(=O)c3ccc(F)cc3)CC2)nc2ccccc12. The minimum Gasteiger partial charge on any atom is -0.338 e. The molecule has 2 aromatic carbocycles. The van der Waals surface area contributed by atoms with Gasteiger partial charge in [0.15, 0.2) is 5.78 Å². The molecule has 0 bridgehead atoms. The molecule has 168 valence electrons. The Balaban J connectivity index is 1.31. The number of carbonyl (C=O) groups is 1. The maximum atomic E-state index is 13.0. The van der Waals surface area contributed by atoms with Crippen LogP contribution in [-0.2, 0) is 6.42 Å². The number of aromatic nitrogens is 2. The molecule has 0 aliphatic carbocycles. The maximum absolute atomic E-state index is 13.0. The fourth-order valence-corrected chi connectivity index (χ4v) is 4.22. The van der Waals surface area contributed by atoms with Crippen LogP contribution in [0.25, 0.3) is 10.9 Å². The smallest absolute Gasteiger partial charge is 0.226 e. The van der Waals surface area contributed by atoms with Crippen molar-refractivity contribution in [3.63, 3.8) is 0 Å². The van der Waals surface area contributed by atoms with Crippen molar-refractivity contribution in [2.24, 2.45) is 0 Å². The summed E-state index contributed by atoms with van der Waals surface area (Å²) in [6, 6.07) is 14.1. The lowest BCUT2D eigenvalue weighted by Crippen LogP contribution is -2.47. The van der Waals surface area contributed by atoms with Gasteiger partial charge in [-0.15, -0.1) is 0 Å². The van der Waals surface area contributed by atoms with Crippen LogP contribution in [0.1, 0.15) is 48.7 Å². The number of hydrogen-bond acceptors (Lipinski definition) is 5. The van der Waals surface area contributed by atoms with E-state index in [0.717, 1.165) is 81.0 Å². The van der Waals surface area contributed by atoms with Crippen LogP contribution in [-0.4, -0.2) is 53.4 Å². The fraction of sp³-hybridized carbons (Fsp3) is 0.423. The summed E-state index contributed by atoms with van der Waals surface area (Å²) in [5.74, 6) is 0.598. The van der Waals surface area contributed by atoms with Crippen molar-refractivity contribution >= 4 is 22.6 Å². The van der Waals surface area contributed by atoms with Gasteiger partial charge >= 0.3 is 0 Å². The molecule has 1 aliphatic rings. The zero-order valence-corrected chi connectivity index (χ0v) is 18.8. The Morgan fingerprint density at radius 3 is 2.47 bits per heavy atom. The third kappa shape index (κ3) is 5.49. The molecule has 0 atom stereocenters. The van der Waals surface area contributed by atoms with Crippen LogP contribution in [0.2, 0.25) is 0 Å². The Kier molecular flexibility index (Phi) is 7.43. The first-order valence-corrected chi connectivity index (χ1v) is 11.7. The van der Waals surface area contributed by atoms with Crippen LogP contribution in [0.5, 0.6) is 0 Å². The van der Waals surface area contributed by atoms with Crippen LogP contribution in [0.3, 0.4) is 0 Å². The van der Waals surface area contributed by atoms with Crippen molar-refractivity contribution in [1.82, 2.24) is 14.9 Å². The summed E-state index contributed by atoms with van der Waals surface area (Å²) in [5.41, 5.74) is 2.75. The van der Waals surface area contributed by atoms with Crippen molar-refractivity contribution in [3.8, 4) is 0 Å². The van der Waals surface area contributed by atoms with E-state index in [0.29, 0.717) is 12.0 Å². The molecule has 3 aromatic rings. The Labute approximate surface area is 189 Å². The van der Waals surface area contributed by atoms with Gasteiger partial charge in [0.05, 0.1) is 11.2 Å². The number of halogens is 1. The van der Waals surface area contributed by atoms with Gasteiger partial charge in [-0.1, -0.05) is 31.5 Å². The van der Waals surface area contributed by atoms with Crippen LogP contribution in [0.15, 0.2) is 48.5 Å². The van der Waals surface area contributed by atoms with Gasteiger partial charge in [-0.05, 0) is 56.1 Å². The highest BCUT2D eigenvalue weighted by molar-refractivity contribution is 5.95. The first-order valence-electron chi connectivity index (χ1n) is 11.7. The minimum atomic E-state index is -0.313. The van der Waals surface area contributed by atoms with Crippen molar-refractivity contribution in [1.29, 1.82) is 0 Å². The molecule has 4 rings (SSSR count). The molecule has 32 heavy (non-hydrogen) atoms. The molecule has 1 fully saturated rings. The van der Waals surface area contributed by atoms with Gasteiger partial charge in [0.2, 0.25) is 5.95 Å². The van der Waals surface area contributed by atoms with Crippen LogP contribution >= 0.6 is 0 Å². The molecule has 6 heteroatoms. The number of aryl methyl sites for hydroxylation is 1. The van der Waals surface area contributed by atoms with E-state index in [4.69, 9.17) is 9.97 Å². The molecule has 0 saturated carbocycles. The van der Waals surface area contributed by atoms with E-state index < -0.39 is 0 Å². The molecule has 0 spiro atoms. The standard InChI is InChI=1S/C26H31FN4O/c1-2-3-8-23-22-7-4-5-9-24(22)29-26(28-23)31-18-16-30(17-19-31)15-6-10-25(32)20-11-13-21(27)14-12-20/h4-5,7,9,11-14H,2-3,6,8,10,15-19H2,1H3. The molecule has 5 nitrogen and oxygen atoms in total. The topological polar surface area (TPSA) is 49.3 Å². The maximum Gasteiger partial charge on any atom is 0.226 e. The summed E-state index contributed by atoms with van der Waals surface area (Å²) >= 11 is 0. The zero-order valence-electron chi connectivity index (χ0n) is 18.8. The van der Waals surface area contributed by atoms with Crippen LogP contribution in [0.4, 0.5) is 10.3 Å². The first kappa shape index (κ1) is 22.3. The number of piperazine rings is 1. The largest absolute Gasteiger partial charge is 0.338 e. The average molecular weight is 435 g/mol. The van der Waals surface area contributed by atoms with E-state index in [-0.39, 0.29) is 11.6 Å². The van der Waals surface area contributed by atoms with E-state index in [1.165, 1.54) is 12.1 Å². The van der Waals surface area contributed by atoms with Gasteiger partial charge in [-0.3, -0.25) is 9.69 Å². The molecular formula is C26H31FN4O. The third-order valence-electron chi connectivity index (χ3n) is 6.14. The number of carbonyl (C=O) groups excluding carboxylic acids is 1. The molecule has 0 amide bonds. The molecular weight excluding hydrogens is 403 g/mol. The van der Waals surface area contributed by atoms with Crippen molar-refractivity contribution in [3.05, 3.63) is 65.6 Å². The van der Waals surface area contributed by atoms with Crippen molar-refractivity contribution in [2.45, 2.75) is 39.0 Å². The number of hydrogen-bond donors (Lipinski definition) is 0. The van der Waals surface area contributed by atoms with E-state index >= 15 is 0 Å². The number of fused-ring (bicyclic) bond motifs is 1. The van der Waals surface area contributed by atoms with E-state index in [1.807, 2.05) is 6.07 Å². The lowest BCUT2D eigenvalue weighted by atomic mass is 10.1. The molecule has 1 aromatic heterocycles. The van der Waals surface area contributed by atoms with Gasteiger partial charge in [0.1, 0.15) is 5.82 Å². The second-order valence-electron chi connectivity index (χ2n) is 8.45. The summed E-state index contributed by atoms with van der Waals surface area (Å²) in [4.78, 5) is 26.7. The predicted molar refractivity (Wildman–Crippen MR) is 127 cm³/mol. The second-order valence-corrected chi connectivity index (χ2v) is 8.45. The molecule has 0 N–H and O–H groups in total. The van der Waals surface area contributed by atoms with E-state index in [1.54, 1.807) is 12.1 Å². The number of anilines is 1. The molecule has 2 heterocycles. The van der Waals surface area contributed by atoms with Gasteiger partial charge in [-0.2, -0.15) is 0 Å². The quantitative estimate of drug-likeness (QED) is 0.449. The monoisotopic (exact) mass is 434 g/mol. The Morgan fingerprint density at radius 2 is 1.72 bits per heavy atom. The average Bonchev–Trinajstić information content (AvgIpc) is 2.83. The van der Waals surface area contributed by atoms with Crippen molar-refractivity contribution < 1.29 is 9.18 Å². The van der Waals surface area contributed by atoms with E-state index in [9.17, 15) is 9.18 Å². The summed E-state index contributed by atoms with van der Waals surface area (Å²) in [6.07, 6.45) is 4.56. The zero-order chi connectivity index (χ0) is 22.3. The van der Waals surface area contributed by atoms with Gasteiger partial charge in [0.25, 0.3) is 0 Å². The lowest BCUT2D eigenvalue weighted by molar-refractivity contribution is 0.0974. The number of nitrogens with zero attached hydrogens (tertiary/aromatic N) is 4. The lowest BCUT2D eigenvalue weighted by Gasteiger charge is -2.35. The van der Waals surface area contributed by atoms with Crippen molar-refractivity contribution in [2.75, 3.05) is 37.6 Å². The Morgan fingerprint density at radius 1 is 0.969 bits per heavy atom. The highest BCUT2D eigenvalue weighted by Gasteiger charge is 2.20. The van der Waals surface area contributed by atoms with Gasteiger partial charge < -0.3 is 4.90 Å². The Bertz CT molecular complexity index is 1050. The summed E-state index contributed by atoms with van der Waals surface area (Å²) in [5, 5.41) is 1.16. The highest BCUT2D eigenvalue weighted by atomic mass is 19.1. The number of ketones is 1. The third-order valence-corrected chi connectivity index (χ3v) is 6.14. The minimum absolute atomic E-state index is 0.0767. The van der Waals surface area contributed by atoms with Gasteiger partial charge in [-0.25, -0.2) is 14.4 Å². The summed E-state index contributed by atoms with van der Waals surface area (Å²) in [7, 11) is 0. The number of Topliss-reactive ketones (excluding diaryl/α,β-unsaturated/α-hetero) is 1. The Hall–Kier alpha value is -2.86. The number of para-hydroxylation sites is 1. The fourth-order valence-electron chi connectivity index (χ4n) is 4.22. The summed E-state index contributed by atoms with van der Waals surface area (Å²) < 4.78 is 13.0.